The predicted octanol–water partition coefficient (Wildman–Crippen LogP) is 8.00. The van der Waals surface area contributed by atoms with Crippen molar-refractivity contribution in [3.05, 3.63) is 124 Å². The van der Waals surface area contributed by atoms with Crippen LogP contribution in [0.2, 0.25) is 0 Å². The summed E-state index contributed by atoms with van der Waals surface area (Å²) >= 11 is 0. The molecule has 3 aromatic rings. The van der Waals surface area contributed by atoms with Gasteiger partial charge in [0.05, 0.1) is 9.52 Å². The number of hydrogen-bond acceptors (Lipinski definition) is 0. The van der Waals surface area contributed by atoms with E-state index in [1.165, 1.54) is 71.9 Å². The van der Waals surface area contributed by atoms with Crippen molar-refractivity contribution in [2.75, 3.05) is 0 Å². The van der Waals surface area contributed by atoms with Gasteiger partial charge in [-0.15, -0.1) is 0 Å². The van der Waals surface area contributed by atoms with Gasteiger partial charge in [0.15, 0.2) is 0 Å². The first-order valence-electron chi connectivity index (χ1n) is 12.9. The Morgan fingerprint density at radius 2 is 1.24 bits per heavy atom. The first-order valence-corrected chi connectivity index (χ1v) is 14.4. The Kier molecular flexibility index (Phi) is 8.55. The number of unbranched alkanes of at least 4 members (excludes halogenated alkanes) is 2. The van der Waals surface area contributed by atoms with Crippen LogP contribution in [0.15, 0.2) is 96.2 Å². The van der Waals surface area contributed by atoms with E-state index >= 15 is 0 Å². The van der Waals surface area contributed by atoms with Gasteiger partial charge in [0.25, 0.3) is 0 Å². The van der Waals surface area contributed by atoms with Crippen LogP contribution < -0.4 is 0 Å². The predicted molar refractivity (Wildman–Crippen MR) is 148 cm³/mol. The van der Waals surface area contributed by atoms with Gasteiger partial charge >= 0.3 is 0 Å². The maximum Gasteiger partial charge on any atom is 0.0640 e. The number of allylic oxidation sites excluding steroid dienone is 4. The molecule has 0 saturated heterocycles. The Labute approximate surface area is 203 Å². The highest BCUT2D eigenvalue weighted by molar-refractivity contribution is 6.50. The van der Waals surface area contributed by atoms with Crippen molar-refractivity contribution < 1.29 is 0 Å². The summed E-state index contributed by atoms with van der Waals surface area (Å²) in [6.45, 7) is 4.54. The number of rotatable bonds is 11. The maximum atomic E-state index is 2.42. The molecule has 1 heteroatoms. The van der Waals surface area contributed by atoms with E-state index in [0.29, 0.717) is 5.54 Å². The van der Waals surface area contributed by atoms with E-state index in [4.69, 9.17) is 0 Å². The Balaban J connectivity index is 1.64. The van der Waals surface area contributed by atoms with Crippen LogP contribution in [0.3, 0.4) is 0 Å². The second kappa shape index (κ2) is 12.0. The fraction of sp³-hybridized carbons (Fsp3) is 0.312. The van der Waals surface area contributed by atoms with Crippen LogP contribution in [0.4, 0.5) is 0 Å². The summed E-state index contributed by atoms with van der Waals surface area (Å²) < 4.78 is 0. The zero-order valence-corrected chi connectivity index (χ0v) is 21.8. The fourth-order valence-electron chi connectivity index (χ4n) is 4.93. The van der Waals surface area contributed by atoms with Crippen LogP contribution in [0.5, 0.6) is 0 Å². The Hall–Kier alpha value is -2.64. The van der Waals surface area contributed by atoms with Crippen molar-refractivity contribution >= 4 is 15.1 Å². The summed E-state index contributed by atoms with van der Waals surface area (Å²) in [5.74, 6) is 0. The van der Waals surface area contributed by atoms with E-state index in [1.807, 2.05) is 0 Å². The molecule has 0 bridgehead atoms. The second-order valence-electron chi connectivity index (χ2n) is 9.44. The average molecular weight is 451 g/mol. The SMILES string of the molecule is CCCCc1ccc(C([SiH2]C2=C(c3ccccc3)C=CC2)c2ccc(CCCC)cc2)cc1. The van der Waals surface area contributed by atoms with E-state index in [9.17, 15) is 0 Å². The molecule has 3 aromatic carbocycles. The van der Waals surface area contributed by atoms with Gasteiger partial charge in [-0.25, -0.2) is 0 Å². The van der Waals surface area contributed by atoms with Crippen LogP contribution in [0.1, 0.15) is 79.3 Å². The third-order valence-electron chi connectivity index (χ3n) is 6.97. The monoisotopic (exact) mass is 450 g/mol. The molecule has 0 amide bonds. The van der Waals surface area contributed by atoms with Gasteiger partial charge in [-0.2, -0.15) is 0 Å². The van der Waals surface area contributed by atoms with Crippen molar-refractivity contribution in [1.82, 2.24) is 0 Å². The smallest absolute Gasteiger partial charge is 0.0640 e. The molecule has 170 valence electrons. The molecule has 0 aromatic heterocycles. The molecule has 0 aliphatic heterocycles. The summed E-state index contributed by atoms with van der Waals surface area (Å²) in [5.41, 5.74) is 9.32. The Morgan fingerprint density at radius 1 is 0.697 bits per heavy atom. The lowest BCUT2D eigenvalue weighted by Crippen LogP contribution is -2.13. The summed E-state index contributed by atoms with van der Waals surface area (Å²) in [6, 6.07) is 30.1. The molecule has 1 aliphatic carbocycles. The van der Waals surface area contributed by atoms with Gasteiger partial charge in [0, 0.05) is 5.54 Å². The molecule has 0 spiro atoms. The molecule has 0 radical (unpaired) electrons. The van der Waals surface area contributed by atoms with Gasteiger partial charge in [-0.3, -0.25) is 0 Å². The second-order valence-corrected chi connectivity index (χ2v) is 11.5. The van der Waals surface area contributed by atoms with Crippen molar-refractivity contribution in [2.45, 2.75) is 64.3 Å². The third kappa shape index (κ3) is 6.24. The molecule has 0 fully saturated rings. The number of benzene rings is 3. The fourth-order valence-corrected chi connectivity index (χ4v) is 7.31. The lowest BCUT2D eigenvalue weighted by Gasteiger charge is -2.21. The van der Waals surface area contributed by atoms with Crippen LogP contribution in [-0.2, 0) is 12.8 Å². The molecule has 0 N–H and O–H groups in total. The van der Waals surface area contributed by atoms with E-state index in [-0.39, 0.29) is 0 Å². The van der Waals surface area contributed by atoms with Gasteiger partial charge in [-0.1, -0.05) is 123 Å². The molecule has 0 atom stereocenters. The first-order chi connectivity index (χ1) is 16.3. The van der Waals surface area contributed by atoms with E-state index in [1.54, 1.807) is 5.20 Å². The van der Waals surface area contributed by atoms with Crippen LogP contribution in [-0.4, -0.2) is 9.52 Å². The number of aryl methyl sites for hydroxylation is 2. The summed E-state index contributed by atoms with van der Waals surface area (Å²) in [4.78, 5) is 0. The van der Waals surface area contributed by atoms with Crippen molar-refractivity contribution in [2.24, 2.45) is 0 Å². The molecule has 33 heavy (non-hydrogen) atoms. The molecular formula is C32H38Si. The van der Waals surface area contributed by atoms with E-state index in [0.717, 1.165) is 6.42 Å². The lowest BCUT2D eigenvalue weighted by molar-refractivity contribution is 0.794. The number of hydrogen-bond donors (Lipinski definition) is 0. The molecular weight excluding hydrogens is 412 g/mol. The van der Waals surface area contributed by atoms with Gasteiger partial charge in [0.2, 0.25) is 0 Å². The minimum absolute atomic E-state index is 0.525. The van der Waals surface area contributed by atoms with Crippen molar-refractivity contribution in [3.63, 3.8) is 0 Å². The molecule has 1 aliphatic rings. The average Bonchev–Trinajstić information content (AvgIpc) is 3.34. The highest BCUT2D eigenvalue weighted by Gasteiger charge is 2.21. The highest BCUT2D eigenvalue weighted by atomic mass is 28.2. The topological polar surface area (TPSA) is 0 Å². The van der Waals surface area contributed by atoms with Gasteiger partial charge < -0.3 is 0 Å². The maximum absolute atomic E-state index is 2.42. The molecule has 0 saturated carbocycles. The summed E-state index contributed by atoms with van der Waals surface area (Å²) in [6.07, 6.45) is 13.3. The minimum atomic E-state index is -0.525. The lowest BCUT2D eigenvalue weighted by atomic mass is 9.99. The van der Waals surface area contributed by atoms with Gasteiger partial charge in [0.1, 0.15) is 0 Å². The highest BCUT2D eigenvalue weighted by Crippen LogP contribution is 2.33. The first kappa shape index (κ1) is 23.5. The van der Waals surface area contributed by atoms with Crippen LogP contribution in [0, 0.1) is 0 Å². The van der Waals surface area contributed by atoms with Gasteiger partial charge in [-0.05, 0) is 65.5 Å². The third-order valence-corrected chi connectivity index (χ3v) is 9.48. The standard InChI is InChI=1S/C32H38Si/c1-3-5-11-25-17-21-28(22-18-25)32(29-23-19-26(20-24-29)12-6-4-2)33-31-16-10-15-30(31)27-13-8-7-9-14-27/h7-10,13-15,17-24,32H,3-6,11-12,16,33H2,1-2H3. The summed E-state index contributed by atoms with van der Waals surface area (Å²) in [7, 11) is -0.525. The van der Waals surface area contributed by atoms with Crippen molar-refractivity contribution in [1.29, 1.82) is 0 Å². The van der Waals surface area contributed by atoms with Crippen LogP contribution >= 0.6 is 0 Å². The quantitative estimate of drug-likeness (QED) is 0.260. The van der Waals surface area contributed by atoms with E-state index in [2.05, 4.69) is 105 Å². The van der Waals surface area contributed by atoms with E-state index < -0.39 is 9.52 Å². The zero-order chi connectivity index (χ0) is 22.9. The molecule has 4 rings (SSSR count). The van der Waals surface area contributed by atoms with Crippen molar-refractivity contribution in [3.8, 4) is 0 Å². The molecule has 0 unspecified atom stereocenters. The summed E-state index contributed by atoms with van der Waals surface area (Å²) in [5, 5.41) is 1.69. The Bertz CT molecular complexity index is 1000. The molecule has 0 nitrogen and oxygen atoms in total. The van der Waals surface area contributed by atoms with Crippen LogP contribution in [0.25, 0.3) is 5.57 Å². The Morgan fingerprint density at radius 3 is 1.76 bits per heavy atom. The largest absolute Gasteiger partial charge is 0.0803 e. The molecule has 0 heterocycles. The normalized spacial score (nSPS) is 13.7. The minimum Gasteiger partial charge on any atom is -0.0803 e. The zero-order valence-electron chi connectivity index (χ0n) is 20.4.